The van der Waals surface area contributed by atoms with Gasteiger partial charge in [-0.3, -0.25) is 4.79 Å². The maximum atomic E-state index is 13.3. The minimum atomic E-state index is -0.233. The Hall–Kier alpha value is -1.88. The summed E-state index contributed by atoms with van der Waals surface area (Å²) in [5.74, 6) is 0.939. The second kappa shape index (κ2) is 6.56. The third-order valence-corrected chi connectivity index (χ3v) is 7.75. The molecule has 1 saturated heterocycles. The molecule has 2 aromatic heterocycles. The van der Waals surface area contributed by atoms with Crippen LogP contribution in [0.1, 0.15) is 94.5 Å². The number of hydrogen-bond acceptors (Lipinski definition) is 4. The van der Waals surface area contributed by atoms with E-state index in [1.165, 1.54) is 37.8 Å². The first-order chi connectivity index (χ1) is 14.1. The number of furan rings is 1. The number of amides is 1. The number of pyridine rings is 1. The SMILES string of the molecule is CC(C)(C)c1cc(C2CC3(CCC3)C2)nc2cc(C(=O)N3CCNCC3(C)C)oc12. The van der Waals surface area contributed by atoms with Crippen molar-refractivity contribution in [2.75, 3.05) is 19.6 Å². The van der Waals surface area contributed by atoms with Gasteiger partial charge in [0.25, 0.3) is 5.91 Å². The van der Waals surface area contributed by atoms with E-state index in [-0.39, 0.29) is 16.9 Å². The van der Waals surface area contributed by atoms with Crippen LogP contribution in [0.25, 0.3) is 11.1 Å². The minimum absolute atomic E-state index is 0.0297. The number of rotatable bonds is 2. The highest BCUT2D eigenvalue weighted by Gasteiger charge is 2.49. The molecule has 1 aliphatic heterocycles. The molecular formula is C25H35N3O2. The van der Waals surface area contributed by atoms with Gasteiger partial charge in [0, 0.05) is 42.9 Å². The van der Waals surface area contributed by atoms with Gasteiger partial charge in [-0.05, 0) is 56.4 Å². The lowest BCUT2D eigenvalue weighted by molar-refractivity contribution is 0.00767. The Morgan fingerprint density at radius 3 is 2.57 bits per heavy atom. The summed E-state index contributed by atoms with van der Waals surface area (Å²) in [6.07, 6.45) is 6.72. The zero-order valence-corrected chi connectivity index (χ0v) is 19.1. The summed E-state index contributed by atoms with van der Waals surface area (Å²) < 4.78 is 6.22. The van der Waals surface area contributed by atoms with Crippen molar-refractivity contribution in [3.63, 3.8) is 0 Å². The molecule has 5 heteroatoms. The van der Waals surface area contributed by atoms with Crippen LogP contribution >= 0.6 is 0 Å². The van der Waals surface area contributed by atoms with Crippen molar-refractivity contribution in [2.45, 2.75) is 83.6 Å². The highest BCUT2D eigenvalue weighted by molar-refractivity contribution is 5.96. The van der Waals surface area contributed by atoms with Crippen molar-refractivity contribution in [3.8, 4) is 0 Å². The molecule has 0 unspecified atom stereocenters. The lowest BCUT2D eigenvalue weighted by Gasteiger charge is -2.54. The van der Waals surface area contributed by atoms with E-state index in [0.29, 0.717) is 23.6 Å². The zero-order chi connectivity index (χ0) is 21.3. The molecule has 3 heterocycles. The third kappa shape index (κ3) is 3.17. The minimum Gasteiger partial charge on any atom is -0.449 e. The summed E-state index contributed by atoms with van der Waals surface area (Å²) in [5, 5.41) is 3.38. The molecule has 0 bridgehead atoms. The van der Waals surface area contributed by atoms with Crippen molar-refractivity contribution in [1.82, 2.24) is 15.2 Å². The topological polar surface area (TPSA) is 58.4 Å². The molecule has 5 rings (SSSR count). The van der Waals surface area contributed by atoms with Crippen LogP contribution in [0.3, 0.4) is 0 Å². The number of carbonyl (C=O) groups is 1. The van der Waals surface area contributed by atoms with Gasteiger partial charge in [-0.2, -0.15) is 0 Å². The number of aromatic nitrogens is 1. The van der Waals surface area contributed by atoms with E-state index in [9.17, 15) is 4.79 Å². The summed E-state index contributed by atoms with van der Waals surface area (Å²) in [6.45, 7) is 13.1. The summed E-state index contributed by atoms with van der Waals surface area (Å²) in [7, 11) is 0. The molecule has 3 fully saturated rings. The number of piperazine rings is 1. The van der Waals surface area contributed by atoms with Gasteiger partial charge >= 0.3 is 0 Å². The second-order valence-corrected chi connectivity index (χ2v) is 11.6. The molecule has 5 nitrogen and oxygen atoms in total. The number of nitrogens with one attached hydrogen (secondary N) is 1. The van der Waals surface area contributed by atoms with Crippen LogP contribution in [0.4, 0.5) is 0 Å². The van der Waals surface area contributed by atoms with Gasteiger partial charge in [-0.15, -0.1) is 0 Å². The van der Waals surface area contributed by atoms with Crippen LogP contribution in [0.2, 0.25) is 0 Å². The molecule has 0 aromatic carbocycles. The quantitative estimate of drug-likeness (QED) is 0.758. The Labute approximate surface area is 179 Å². The highest BCUT2D eigenvalue weighted by Crippen LogP contribution is 2.61. The van der Waals surface area contributed by atoms with Gasteiger partial charge in [0.15, 0.2) is 11.3 Å². The lowest BCUT2D eigenvalue weighted by Crippen LogP contribution is -2.59. The fourth-order valence-electron chi connectivity index (χ4n) is 5.69. The molecule has 1 N–H and O–H groups in total. The Kier molecular flexibility index (Phi) is 4.38. The predicted octanol–water partition coefficient (Wildman–Crippen LogP) is 5.00. The average Bonchev–Trinajstić information content (AvgIpc) is 3.01. The first-order valence-corrected chi connectivity index (χ1v) is 11.6. The van der Waals surface area contributed by atoms with Gasteiger partial charge in [0.05, 0.1) is 5.54 Å². The molecular weight excluding hydrogens is 374 g/mol. The molecule has 0 radical (unpaired) electrons. The maximum Gasteiger partial charge on any atom is 0.290 e. The van der Waals surface area contributed by atoms with Gasteiger partial charge in [0.1, 0.15) is 5.52 Å². The maximum absolute atomic E-state index is 13.3. The van der Waals surface area contributed by atoms with Crippen molar-refractivity contribution in [2.24, 2.45) is 5.41 Å². The van der Waals surface area contributed by atoms with Crippen LogP contribution < -0.4 is 5.32 Å². The summed E-state index contributed by atoms with van der Waals surface area (Å²) >= 11 is 0. The van der Waals surface area contributed by atoms with Gasteiger partial charge < -0.3 is 14.6 Å². The van der Waals surface area contributed by atoms with E-state index in [1.807, 2.05) is 11.0 Å². The fourth-order valence-corrected chi connectivity index (χ4v) is 5.69. The van der Waals surface area contributed by atoms with Crippen LogP contribution in [-0.2, 0) is 5.41 Å². The smallest absolute Gasteiger partial charge is 0.290 e. The first kappa shape index (κ1) is 20.0. The van der Waals surface area contributed by atoms with E-state index in [1.54, 1.807) is 0 Å². The molecule has 1 spiro atoms. The van der Waals surface area contributed by atoms with Crippen LogP contribution in [0, 0.1) is 5.41 Å². The highest BCUT2D eigenvalue weighted by atomic mass is 16.3. The molecule has 3 aliphatic rings. The van der Waals surface area contributed by atoms with Crippen molar-refractivity contribution in [3.05, 3.63) is 29.2 Å². The van der Waals surface area contributed by atoms with E-state index in [2.05, 4.69) is 46.0 Å². The van der Waals surface area contributed by atoms with E-state index >= 15 is 0 Å². The molecule has 0 atom stereocenters. The van der Waals surface area contributed by atoms with Crippen molar-refractivity contribution >= 4 is 17.0 Å². The Morgan fingerprint density at radius 1 is 1.23 bits per heavy atom. The van der Waals surface area contributed by atoms with Crippen molar-refractivity contribution < 1.29 is 9.21 Å². The zero-order valence-electron chi connectivity index (χ0n) is 19.1. The summed E-state index contributed by atoms with van der Waals surface area (Å²) in [6, 6.07) is 4.14. The monoisotopic (exact) mass is 409 g/mol. The van der Waals surface area contributed by atoms with Crippen LogP contribution in [0.5, 0.6) is 0 Å². The van der Waals surface area contributed by atoms with Gasteiger partial charge in [-0.25, -0.2) is 4.98 Å². The molecule has 162 valence electrons. The number of hydrogen-bond donors (Lipinski definition) is 1. The van der Waals surface area contributed by atoms with Crippen molar-refractivity contribution in [1.29, 1.82) is 0 Å². The normalized spacial score (nSPS) is 23.4. The summed E-state index contributed by atoms with van der Waals surface area (Å²) in [4.78, 5) is 20.3. The first-order valence-electron chi connectivity index (χ1n) is 11.6. The van der Waals surface area contributed by atoms with Gasteiger partial charge in [0.2, 0.25) is 0 Å². The standard InChI is InChI=1S/C25H35N3O2/c1-23(2,3)17-11-18(16-13-25(14-16)7-6-8-25)27-19-12-20(30-21(17)19)22(29)28-10-9-26-15-24(28,4)5/h11-12,16,26H,6-10,13-15H2,1-5H3. The molecule has 30 heavy (non-hydrogen) atoms. The van der Waals surface area contributed by atoms with Crippen LogP contribution in [-0.4, -0.2) is 41.0 Å². The Bertz CT molecular complexity index is 986. The predicted molar refractivity (Wildman–Crippen MR) is 119 cm³/mol. The molecule has 2 saturated carbocycles. The number of carbonyl (C=O) groups excluding carboxylic acids is 1. The third-order valence-electron chi connectivity index (χ3n) is 7.75. The molecule has 2 aliphatic carbocycles. The fraction of sp³-hybridized carbons (Fsp3) is 0.680. The van der Waals surface area contributed by atoms with E-state index < -0.39 is 0 Å². The average molecular weight is 410 g/mol. The van der Waals surface area contributed by atoms with E-state index in [0.717, 1.165) is 29.8 Å². The molecule has 2 aromatic rings. The number of nitrogens with zero attached hydrogens (tertiary/aromatic N) is 2. The Morgan fingerprint density at radius 2 is 1.97 bits per heavy atom. The Balaban J connectivity index is 1.52. The molecule has 1 amide bonds. The van der Waals surface area contributed by atoms with Gasteiger partial charge in [-0.1, -0.05) is 27.2 Å². The lowest BCUT2D eigenvalue weighted by atomic mass is 9.51. The summed E-state index contributed by atoms with van der Waals surface area (Å²) in [5.41, 5.74) is 4.28. The number of fused-ring (bicyclic) bond motifs is 1. The van der Waals surface area contributed by atoms with E-state index in [4.69, 9.17) is 9.40 Å². The second-order valence-electron chi connectivity index (χ2n) is 11.6. The largest absolute Gasteiger partial charge is 0.449 e. The van der Waals surface area contributed by atoms with Crippen LogP contribution in [0.15, 0.2) is 16.5 Å².